The van der Waals surface area contributed by atoms with Gasteiger partial charge in [0.15, 0.2) is 0 Å². The van der Waals surface area contributed by atoms with Gasteiger partial charge >= 0.3 is 0 Å². The molecule has 15 aromatic rings. The lowest BCUT2D eigenvalue weighted by atomic mass is 9.86. The number of nitrogens with zero attached hydrogens (tertiary/aromatic N) is 26. The molecule has 0 saturated carbocycles. The zero-order valence-electron chi connectivity index (χ0n) is 64.7. The van der Waals surface area contributed by atoms with Gasteiger partial charge in [0.25, 0.3) is 0 Å². The molecule has 0 spiro atoms. The number of hydrogen-bond donors (Lipinski definition) is 0. The lowest BCUT2D eigenvalue weighted by Gasteiger charge is -2.56. The van der Waals surface area contributed by atoms with Crippen molar-refractivity contribution in [2.75, 3.05) is 54.0 Å². The fraction of sp³-hybridized carbons (Fsp3) is 0.231. The number of pyridine rings is 8. The molecule has 9 aliphatic heterocycles. The van der Waals surface area contributed by atoms with Gasteiger partial charge in [-0.15, -0.1) is 19.3 Å². The molecule has 14 aromatic heterocycles. The van der Waals surface area contributed by atoms with Gasteiger partial charge < -0.3 is 14.7 Å². The maximum absolute atomic E-state index is 14.0. The molecule has 23 heterocycles. The molecule has 6 atom stereocenters. The Morgan fingerprint density at radius 2 is 0.780 bits per heavy atom. The molecule has 27 heteroatoms. The van der Waals surface area contributed by atoms with E-state index < -0.39 is 0 Å². The average Bonchev–Trinajstić information content (AvgIpc) is 0.980. The van der Waals surface area contributed by atoms with Crippen molar-refractivity contribution in [2.24, 2.45) is 21.1 Å². The van der Waals surface area contributed by atoms with Crippen LogP contribution in [0.5, 0.6) is 0 Å². The van der Waals surface area contributed by atoms with Crippen molar-refractivity contribution in [1.29, 1.82) is 15.8 Å². The second-order valence-corrected chi connectivity index (χ2v) is 30.9. The van der Waals surface area contributed by atoms with Gasteiger partial charge in [-0.05, 0) is 122 Å². The number of anilines is 3. The van der Waals surface area contributed by atoms with Crippen molar-refractivity contribution in [3.05, 3.63) is 259 Å². The summed E-state index contributed by atoms with van der Waals surface area (Å²) < 4.78 is 24.6. The van der Waals surface area contributed by atoms with Crippen molar-refractivity contribution in [3.63, 3.8) is 0 Å². The summed E-state index contributed by atoms with van der Waals surface area (Å²) >= 11 is 0. The summed E-state index contributed by atoms with van der Waals surface area (Å²) in [7, 11) is 5.67. The van der Waals surface area contributed by atoms with Crippen molar-refractivity contribution in [3.8, 4) is 122 Å². The van der Waals surface area contributed by atoms with Crippen LogP contribution in [-0.4, -0.2) is 173 Å². The Balaban J connectivity index is 0.000000118. The largest absolute Gasteiger partial charge is 0.353 e. The average molecular weight is 1550 g/mol. The summed E-state index contributed by atoms with van der Waals surface area (Å²) in [6, 6.07) is 43.0. The molecule has 24 rings (SSSR count). The summed E-state index contributed by atoms with van der Waals surface area (Å²) in [6.45, 7) is 7.82. The number of piperidine rings is 3. The Labute approximate surface area is 679 Å². The van der Waals surface area contributed by atoms with Crippen LogP contribution in [0.25, 0.3) is 83.3 Å². The quantitative estimate of drug-likeness (QED) is 0.0864. The Kier molecular flexibility index (Phi) is 18.9. The Bertz CT molecular complexity index is 6630. The summed E-state index contributed by atoms with van der Waals surface area (Å²) in [4.78, 5) is 38.2. The molecule has 118 heavy (non-hydrogen) atoms. The number of halogens is 1. The highest BCUT2D eigenvalue weighted by Gasteiger charge is 2.47. The van der Waals surface area contributed by atoms with Gasteiger partial charge in [-0.25, -0.2) is 37.9 Å². The van der Waals surface area contributed by atoms with Crippen LogP contribution in [0.1, 0.15) is 69.7 Å². The lowest BCUT2D eigenvalue weighted by molar-refractivity contribution is -0.00970. The normalized spacial score (nSPS) is 18.4. The molecular weight excluding hydrogens is 1480 g/mol. The van der Waals surface area contributed by atoms with Crippen LogP contribution >= 0.6 is 0 Å². The van der Waals surface area contributed by atoms with Crippen LogP contribution in [0.2, 0.25) is 0 Å². The van der Waals surface area contributed by atoms with Gasteiger partial charge in [0, 0.05) is 256 Å². The van der Waals surface area contributed by atoms with Crippen molar-refractivity contribution in [1.82, 2.24) is 97.8 Å². The molecule has 576 valence electrons. The zero-order chi connectivity index (χ0) is 80.4. The van der Waals surface area contributed by atoms with Crippen molar-refractivity contribution >= 4 is 34.0 Å². The van der Waals surface area contributed by atoms with E-state index in [2.05, 4.69) is 154 Å². The van der Waals surface area contributed by atoms with E-state index in [0.29, 0.717) is 70.7 Å². The zero-order valence-corrected chi connectivity index (χ0v) is 64.7. The first-order valence-electron chi connectivity index (χ1n) is 38.9. The van der Waals surface area contributed by atoms with Crippen molar-refractivity contribution in [2.45, 2.75) is 75.1 Å². The van der Waals surface area contributed by atoms with Crippen LogP contribution in [0.3, 0.4) is 0 Å². The second kappa shape index (κ2) is 30.4. The number of hydrogen-bond acceptors (Lipinski definition) is 20. The van der Waals surface area contributed by atoms with Gasteiger partial charge in [0.2, 0.25) is 0 Å². The predicted molar refractivity (Wildman–Crippen MR) is 445 cm³/mol. The predicted octanol–water partition coefficient (Wildman–Crippen LogP) is 11.3. The van der Waals surface area contributed by atoms with E-state index in [9.17, 15) is 20.2 Å². The Morgan fingerprint density at radius 1 is 0.373 bits per heavy atom. The first-order chi connectivity index (χ1) is 57.7. The minimum Gasteiger partial charge on any atom is -0.353 e. The van der Waals surface area contributed by atoms with E-state index in [4.69, 9.17) is 34.2 Å². The second-order valence-electron chi connectivity index (χ2n) is 30.9. The molecule has 0 N–H and O–H groups in total. The number of rotatable bonds is 15. The van der Waals surface area contributed by atoms with Gasteiger partial charge in [0.05, 0.1) is 81.8 Å². The Hall–Kier alpha value is -15.0. The fourth-order valence-corrected chi connectivity index (χ4v) is 17.7. The minimum atomic E-state index is -0.289. The molecule has 6 bridgehead atoms. The highest BCUT2D eigenvalue weighted by molar-refractivity contribution is 5.90. The molecule has 26 nitrogen and oxygen atoms in total. The van der Waals surface area contributed by atoms with E-state index in [-0.39, 0.29) is 5.82 Å². The maximum Gasteiger partial charge on any atom is 0.128 e. The summed E-state index contributed by atoms with van der Waals surface area (Å²) in [5, 5.41) is 55.4. The van der Waals surface area contributed by atoms with E-state index in [1.165, 1.54) is 18.9 Å². The molecule has 6 unspecified atom stereocenters. The highest BCUT2D eigenvalue weighted by Crippen LogP contribution is 2.42. The first-order valence-corrected chi connectivity index (χ1v) is 38.9. The highest BCUT2D eigenvalue weighted by atomic mass is 19.1. The van der Waals surface area contributed by atoms with Crippen LogP contribution < -0.4 is 14.7 Å². The number of fused-ring (bicyclic) bond motifs is 9. The van der Waals surface area contributed by atoms with Crippen LogP contribution in [0, 0.1) is 76.8 Å². The van der Waals surface area contributed by atoms with Gasteiger partial charge in [-0.2, -0.15) is 46.4 Å². The monoisotopic (exact) mass is 1550 g/mol. The molecule has 9 fully saturated rings. The fourth-order valence-electron chi connectivity index (χ4n) is 17.7. The van der Waals surface area contributed by atoms with E-state index >= 15 is 0 Å². The molecule has 9 aliphatic rings. The maximum atomic E-state index is 14.0. The first kappa shape index (κ1) is 73.2. The smallest absolute Gasteiger partial charge is 0.128 e. The lowest BCUT2D eigenvalue weighted by Crippen LogP contribution is -2.68. The van der Waals surface area contributed by atoms with Gasteiger partial charge in [-0.1, -0.05) is 23.8 Å². The number of benzene rings is 1. The minimum absolute atomic E-state index is 0.289. The SMILES string of the molecule is C#Cc1cc(F)cc(CN2C3CC2CN(c2ccc(-c4cc(-c5cnn(C)c5)cn5ncc(C#N)c45)cn2)C3)c1.C#Cc1ccc(CN2C3CC2CN(c2ccc(-c4cc(-c5cnn(C)c5)cn5ncc(C#N)c45)cn2)C3)nc1.C#Cc1cccc(CN2C3CC2CN(c2ccc(-c4cc(-c5cnn(C)c5)cn5ncc(C#N)c45)cn2)C3)n1. The molecule has 0 aliphatic carbocycles. The summed E-state index contributed by atoms with van der Waals surface area (Å²) in [6.07, 6.45) is 49.4. The summed E-state index contributed by atoms with van der Waals surface area (Å²) in [5.41, 5.74) is 20.3. The molecular formula is C91H75FN26. The van der Waals surface area contributed by atoms with Gasteiger partial charge in [0.1, 0.15) is 47.2 Å². The van der Waals surface area contributed by atoms with E-state index in [0.717, 1.165) is 182 Å². The van der Waals surface area contributed by atoms with Crippen LogP contribution in [-0.2, 0) is 40.8 Å². The number of aryl methyl sites for hydroxylation is 3. The van der Waals surface area contributed by atoms with E-state index in [1.807, 2.05) is 138 Å². The number of piperazine rings is 3. The standard InChI is InChI=1S/C31H25FN8.2C30H25N9/c1-3-20-6-21(8-26(32)7-20)15-39-27-10-28(39)19-38(18-27)30-5-4-22(12-34-30)29-9-23(25-14-35-37(2)16-25)17-40-31(29)24(11-33)13-36-40;1-3-20-4-6-25(32-11-20)17-38-26-9-27(38)19-37(18-26)29-7-5-21(12-33-29)28-8-22(24-14-34-36(2)15-24)16-39-30(28)23(10-31)13-35-39;1-3-24-5-4-6-25(35-24)17-38-26-10-27(38)19-37(18-26)29-8-7-20(12-32-29)28-9-21(23-14-33-36(2)15-23)16-39-30(28)22(11-31)13-34-39/h1,4-9,12-14,16-17,27-28H,10,15,18-19H2,2H3;1,4-8,11-16,26-27H,9,17-19H2,2H3;1,4-9,12-16,26-27H,10,17-19H2,2H3. The van der Waals surface area contributed by atoms with E-state index in [1.54, 1.807) is 58.4 Å². The number of aromatic nitrogens is 17. The Morgan fingerprint density at radius 3 is 1.13 bits per heavy atom. The topological polar surface area (TPSA) is 261 Å². The summed E-state index contributed by atoms with van der Waals surface area (Å²) in [5.74, 6) is 10.4. The molecule has 1 aromatic carbocycles. The third-order valence-corrected chi connectivity index (χ3v) is 23.6. The van der Waals surface area contributed by atoms with Crippen LogP contribution in [0.4, 0.5) is 21.8 Å². The molecule has 0 radical (unpaired) electrons. The van der Waals surface area contributed by atoms with Crippen LogP contribution in [0.15, 0.2) is 202 Å². The van der Waals surface area contributed by atoms with Crippen molar-refractivity contribution < 1.29 is 4.39 Å². The van der Waals surface area contributed by atoms with Gasteiger partial charge in [-0.3, -0.25) is 33.7 Å². The third-order valence-electron chi connectivity index (χ3n) is 23.6. The third kappa shape index (κ3) is 14.0. The number of nitriles is 3. The molecule has 0 amide bonds. The number of terminal acetylenes is 3. The molecule has 9 saturated heterocycles.